The number of aromatic nitrogens is 1. The van der Waals surface area contributed by atoms with Crippen molar-refractivity contribution in [3.63, 3.8) is 0 Å². The molecule has 1 unspecified atom stereocenters. The van der Waals surface area contributed by atoms with Crippen molar-refractivity contribution in [3.8, 4) is 10.4 Å². The summed E-state index contributed by atoms with van der Waals surface area (Å²) >= 11 is 1.64. The van der Waals surface area contributed by atoms with Crippen molar-refractivity contribution in [1.29, 1.82) is 0 Å². The lowest BCUT2D eigenvalue weighted by Crippen LogP contribution is -2.17. The van der Waals surface area contributed by atoms with E-state index >= 15 is 0 Å². The molecule has 1 amide bonds. The van der Waals surface area contributed by atoms with Crippen LogP contribution in [0.2, 0.25) is 0 Å². The second-order valence-electron chi connectivity index (χ2n) is 7.00. The van der Waals surface area contributed by atoms with Crippen molar-refractivity contribution in [2.45, 2.75) is 52.7 Å². The lowest BCUT2D eigenvalue weighted by Gasteiger charge is -2.08. The van der Waals surface area contributed by atoms with Gasteiger partial charge in [-0.1, -0.05) is 37.6 Å². The van der Waals surface area contributed by atoms with Gasteiger partial charge in [0.05, 0.1) is 29.3 Å². The summed E-state index contributed by atoms with van der Waals surface area (Å²) in [5.74, 6) is -0.245. The maximum atomic E-state index is 10.2. The maximum Gasteiger partial charge on any atom is 0.302 e. The van der Waals surface area contributed by atoms with Crippen LogP contribution in [0.4, 0.5) is 0 Å². The average Bonchev–Trinajstić information content (AvgIpc) is 3.45. The van der Waals surface area contributed by atoms with Crippen LogP contribution in [0.5, 0.6) is 0 Å². The van der Waals surface area contributed by atoms with E-state index < -0.39 is 0 Å². The molecule has 1 aliphatic heterocycles. The number of amides is 1. The molecule has 2 N–H and O–H groups in total. The van der Waals surface area contributed by atoms with E-state index in [1.54, 1.807) is 11.3 Å². The fourth-order valence-electron chi connectivity index (χ4n) is 2.68. The molecule has 1 atom stereocenters. The SMILES string of the molecule is CCCCOC1CCNC1.COC(C)=O.Cc1ncsc1-c1ccc(CNC=O)cc1. The predicted octanol–water partition coefficient (Wildman–Crippen LogP) is 3.71. The number of aryl methyl sites for hydroxylation is 1. The van der Waals surface area contributed by atoms with E-state index in [1.807, 2.05) is 24.6 Å². The minimum atomic E-state index is -0.245. The van der Waals surface area contributed by atoms with E-state index in [1.165, 1.54) is 43.7 Å². The Morgan fingerprint density at radius 3 is 2.55 bits per heavy atom. The number of benzene rings is 1. The molecule has 0 radical (unpaired) electrons. The number of ether oxygens (including phenoxy) is 2. The minimum Gasteiger partial charge on any atom is -0.469 e. The molecule has 3 rings (SSSR count). The highest BCUT2D eigenvalue weighted by molar-refractivity contribution is 7.13. The standard InChI is InChI=1S/C12H12N2OS.C8H17NO.C3H6O2/c1-9-12(16-8-14-9)11-4-2-10(3-5-11)6-13-7-15;1-2-3-6-10-8-4-5-9-7-8;1-3(4)5-2/h2-5,7-8H,6H2,1H3,(H,13,15);8-9H,2-7H2,1H3;1-2H3. The molecule has 1 aromatic carbocycles. The zero-order chi connectivity index (χ0) is 22.9. The van der Waals surface area contributed by atoms with Crippen LogP contribution in [0.15, 0.2) is 29.8 Å². The van der Waals surface area contributed by atoms with Crippen LogP contribution in [-0.4, -0.2) is 50.3 Å². The van der Waals surface area contributed by atoms with Crippen molar-refractivity contribution < 1.29 is 19.1 Å². The third-order valence-corrected chi connectivity index (χ3v) is 5.48. The van der Waals surface area contributed by atoms with E-state index in [-0.39, 0.29) is 5.97 Å². The van der Waals surface area contributed by atoms with E-state index in [0.29, 0.717) is 19.1 Å². The molecule has 31 heavy (non-hydrogen) atoms. The summed E-state index contributed by atoms with van der Waals surface area (Å²) in [5.41, 5.74) is 5.18. The van der Waals surface area contributed by atoms with Gasteiger partial charge in [-0.15, -0.1) is 11.3 Å². The summed E-state index contributed by atoms with van der Waals surface area (Å²) in [5, 5.41) is 5.91. The molecule has 0 saturated carbocycles. The Labute approximate surface area is 189 Å². The molecule has 2 heterocycles. The van der Waals surface area contributed by atoms with Crippen molar-refractivity contribution in [3.05, 3.63) is 41.0 Å². The van der Waals surface area contributed by atoms with Crippen LogP contribution < -0.4 is 10.6 Å². The molecule has 8 heteroatoms. The van der Waals surface area contributed by atoms with Gasteiger partial charge in [0.25, 0.3) is 0 Å². The van der Waals surface area contributed by atoms with Gasteiger partial charge in [0, 0.05) is 26.6 Å². The van der Waals surface area contributed by atoms with Gasteiger partial charge in [-0.2, -0.15) is 0 Å². The number of carbonyl (C=O) groups excluding carboxylic acids is 2. The van der Waals surface area contributed by atoms with Crippen LogP contribution >= 0.6 is 11.3 Å². The van der Waals surface area contributed by atoms with Crippen LogP contribution in [0.1, 0.15) is 44.4 Å². The van der Waals surface area contributed by atoms with E-state index in [4.69, 9.17) is 4.74 Å². The summed E-state index contributed by atoms with van der Waals surface area (Å²) in [6.07, 6.45) is 4.85. The molecule has 7 nitrogen and oxygen atoms in total. The largest absolute Gasteiger partial charge is 0.469 e. The molecule has 2 aromatic rings. The van der Waals surface area contributed by atoms with Gasteiger partial charge in [-0.3, -0.25) is 9.59 Å². The van der Waals surface area contributed by atoms with E-state index in [2.05, 4.69) is 39.4 Å². The minimum absolute atomic E-state index is 0.245. The number of nitrogens with zero attached hydrogens (tertiary/aromatic N) is 1. The molecule has 1 aliphatic rings. The van der Waals surface area contributed by atoms with Crippen LogP contribution in [0.25, 0.3) is 10.4 Å². The number of carbonyl (C=O) groups is 2. The van der Waals surface area contributed by atoms with Gasteiger partial charge in [-0.05, 0) is 37.4 Å². The molecular formula is C23H35N3O4S. The fourth-order valence-corrected chi connectivity index (χ4v) is 3.49. The number of nitrogens with one attached hydrogen (secondary N) is 2. The molecule has 1 saturated heterocycles. The number of hydrogen-bond acceptors (Lipinski definition) is 7. The molecule has 0 spiro atoms. The fraction of sp³-hybridized carbons (Fsp3) is 0.522. The molecule has 0 bridgehead atoms. The van der Waals surface area contributed by atoms with Crippen LogP contribution in [0, 0.1) is 6.92 Å². The van der Waals surface area contributed by atoms with E-state index in [9.17, 15) is 9.59 Å². The Morgan fingerprint density at radius 1 is 1.35 bits per heavy atom. The first-order valence-electron chi connectivity index (χ1n) is 10.5. The van der Waals surface area contributed by atoms with Gasteiger partial charge in [0.1, 0.15) is 0 Å². The number of esters is 1. The topological polar surface area (TPSA) is 89.6 Å². The highest BCUT2D eigenvalue weighted by Crippen LogP contribution is 2.27. The van der Waals surface area contributed by atoms with Gasteiger partial charge in [0.15, 0.2) is 0 Å². The number of unbranched alkanes of at least 4 members (excludes halogenated alkanes) is 1. The number of hydrogen-bond donors (Lipinski definition) is 2. The molecule has 0 aliphatic carbocycles. The summed E-state index contributed by atoms with van der Waals surface area (Å²) < 4.78 is 9.69. The first-order chi connectivity index (χ1) is 15.0. The Morgan fingerprint density at radius 2 is 2.06 bits per heavy atom. The monoisotopic (exact) mass is 449 g/mol. The summed E-state index contributed by atoms with van der Waals surface area (Å²) in [7, 11) is 1.35. The zero-order valence-electron chi connectivity index (χ0n) is 19.0. The molecule has 172 valence electrons. The Hall–Kier alpha value is -2.29. The molecular weight excluding hydrogens is 414 g/mol. The second kappa shape index (κ2) is 16.4. The van der Waals surface area contributed by atoms with Crippen molar-refractivity contribution in [2.75, 3.05) is 26.8 Å². The van der Waals surface area contributed by atoms with Crippen molar-refractivity contribution >= 4 is 23.7 Å². The van der Waals surface area contributed by atoms with Gasteiger partial charge in [0.2, 0.25) is 6.41 Å². The maximum absolute atomic E-state index is 10.2. The van der Waals surface area contributed by atoms with Gasteiger partial charge >= 0.3 is 5.97 Å². The first-order valence-corrected chi connectivity index (χ1v) is 11.4. The Balaban J connectivity index is 0.000000273. The average molecular weight is 450 g/mol. The number of methoxy groups -OCH3 is 1. The second-order valence-corrected chi connectivity index (χ2v) is 7.85. The Bertz CT molecular complexity index is 744. The predicted molar refractivity (Wildman–Crippen MR) is 125 cm³/mol. The number of rotatable bonds is 8. The quantitative estimate of drug-likeness (QED) is 0.363. The van der Waals surface area contributed by atoms with E-state index in [0.717, 1.165) is 31.0 Å². The van der Waals surface area contributed by atoms with Crippen molar-refractivity contribution in [2.24, 2.45) is 0 Å². The van der Waals surface area contributed by atoms with Crippen LogP contribution in [-0.2, 0) is 25.6 Å². The lowest BCUT2D eigenvalue weighted by molar-refractivity contribution is -0.137. The molecule has 1 aromatic heterocycles. The zero-order valence-corrected chi connectivity index (χ0v) is 19.8. The van der Waals surface area contributed by atoms with Gasteiger partial charge < -0.3 is 20.1 Å². The van der Waals surface area contributed by atoms with Crippen molar-refractivity contribution in [1.82, 2.24) is 15.6 Å². The first kappa shape index (κ1) is 26.7. The third-order valence-electron chi connectivity index (χ3n) is 4.51. The molecule has 1 fully saturated rings. The summed E-state index contributed by atoms with van der Waals surface area (Å²) in [6.45, 7) is 9.28. The summed E-state index contributed by atoms with van der Waals surface area (Å²) in [4.78, 5) is 25.2. The summed E-state index contributed by atoms with van der Waals surface area (Å²) in [6, 6.07) is 8.15. The highest BCUT2D eigenvalue weighted by Gasteiger charge is 2.13. The normalized spacial score (nSPS) is 14.5. The lowest BCUT2D eigenvalue weighted by atomic mass is 10.1. The van der Waals surface area contributed by atoms with Crippen LogP contribution in [0.3, 0.4) is 0 Å². The highest BCUT2D eigenvalue weighted by atomic mass is 32.1. The smallest absolute Gasteiger partial charge is 0.302 e. The van der Waals surface area contributed by atoms with Gasteiger partial charge in [-0.25, -0.2) is 4.98 Å². The number of thiazole rings is 1. The Kier molecular flexibility index (Phi) is 14.2. The third kappa shape index (κ3) is 11.6.